The van der Waals surface area contributed by atoms with E-state index in [2.05, 4.69) is 5.32 Å². The van der Waals surface area contributed by atoms with E-state index in [1.807, 2.05) is 19.9 Å². The van der Waals surface area contributed by atoms with E-state index in [0.29, 0.717) is 23.6 Å². The molecule has 0 saturated carbocycles. The normalized spacial score (nSPS) is 10.7. The third-order valence-corrected chi connectivity index (χ3v) is 2.99. The first kappa shape index (κ1) is 16.5. The molecule has 0 aliphatic rings. The lowest BCUT2D eigenvalue weighted by Crippen LogP contribution is -2.09. The fraction of sp³-hybridized carbons (Fsp3) is 0.222. The number of carbonyl (C=O) groups is 2. The molecular weight excluding hydrogens is 294 g/mol. The summed E-state index contributed by atoms with van der Waals surface area (Å²) >= 11 is 0. The van der Waals surface area contributed by atoms with Crippen LogP contribution in [0, 0.1) is 6.92 Å². The van der Waals surface area contributed by atoms with Gasteiger partial charge in [-0.1, -0.05) is 6.92 Å². The van der Waals surface area contributed by atoms with Crippen LogP contribution in [0.1, 0.15) is 35.2 Å². The first-order valence-corrected chi connectivity index (χ1v) is 7.41. The Hall–Kier alpha value is -2.82. The number of nitrogens with one attached hydrogen (secondary N) is 1. The molecule has 1 amide bonds. The minimum atomic E-state index is -0.363. The van der Waals surface area contributed by atoms with Crippen molar-refractivity contribution in [2.75, 3.05) is 11.9 Å². The summed E-state index contributed by atoms with van der Waals surface area (Å²) in [6, 6.07) is 10.2. The smallest absolute Gasteiger partial charge is 0.338 e. The molecule has 120 valence electrons. The van der Waals surface area contributed by atoms with Gasteiger partial charge in [0.05, 0.1) is 12.2 Å². The standard InChI is InChI=1S/C18H19NO4/c1-3-12-22-18(21)14-5-7-15(8-6-14)19-17(20)11-10-16-9-4-13(2)23-16/h4-11H,3,12H2,1-2H3,(H,19,20). The second-order valence-electron chi connectivity index (χ2n) is 4.98. The molecule has 0 unspecified atom stereocenters. The van der Waals surface area contributed by atoms with Crippen molar-refractivity contribution in [2.24, 2.45) is 0 Å². The number of aryl methyl sites for hydroxylation is 1. The summed E-state index contributed by atoms with van der Waals surface area (Å²) in [7, 11) is 0. The van der Waals surface area contributed by atoms with Crippen LogP contribution in [0.5, 0.6) is 0 Å². The number of amides is 1. The number of ether oxygens (including phenoxy) is 1. The summed E-state index contributed by atoms with van der Waals surface area (Å²) in [5, 5.41) is 2.71. The van der Waals surface area contributed by atoms with E-state index in [1.54, 1.807) is 36.4 Å². The molecule has 0 radical (unpaired) electrons. The Kier molecular flexibility index (Phi) is 5.74. The van der Waals surface area contributed by atoms with Gasteiger partial charge in [-0.3, -0.25) is 4.79 Å². The molecule has 1 aromatic heterocycles. The van der Waals surface area contributed by atoms with E-state index in [9.17, 15) is 9.59 Å². The van der Waals surface area contributed by atoms with Gasteiger partial charge in [0.25, 0.3) is 0 Å². The van der Waals surface area contributed by atoms with Crippen LogP contribution in [0.2, 0.25) is 0 Å². The third kappa shape index (κ3) is 5.14. The third-order valence-electron chi connectivity index (χ3n) is 2.99. The Balaban J connectivity index is 1.91. The Morgan fingerprint density at radius 1 is 1.17 bits per heavy atom. The molecule has 1 N–H and O–H groups in total. The molecule has 2 aromatic rings. The van der Waals surface area contributed by atoms with Crippen molar-refractivity contribution in [3.05, 3.63) is 59.6 Å². The van der Waals surface area contributed by atoms with Crippen molar-refractivity contribution in [1.82, 2.24) is 0 Å². The SMILES string of the molecule is CCCOC(=O)c1ccc(NC(=O)C=Cc2ccc(C)o2)cc1. The number of anilines is 1. The van der Waals surface area contributed by atoms with Gasteiger partial charge in [0.2, 0.25) is 5.91 Å². The first-order valence-electron chi connectivity index (χ1n) is 7.41. The quantitative estimate of drug-likeness (QED) is 0.650. The molecule has 0 aliphatic carbocycles. The number of hydrogen-bond donors (Lipinski definition) is 1. The predicted molar refractivity (Wildman–Crippen MR) is 88.1 cm³/mol. The molecule has 0 fully saturated rings. The van der Waals surface area contributed by atoms with Gasteiger partial charge in [-0.25, -0.2) is 4.79 Å². The maximum Gasteiger partial charge on any atom is 0.338 e. The predicted octanol–water partition coefficient (Wildman–Crippen LogP) is 3.81. The van der Waals surface area contributed by atoms with Crippen molar-refractivity contribution < 1.29 is 18.7 Å². The lowest BCUT2D eigenvalue weighted by Gasteiger charge is -2.05. The van der Waals surface area contributed by atoms with Gasteiger partial charge in [-0.05, 0) is 55.8 Å². The highest BCUT2D eigenvalue weighted by Gasteiger charge is 2.06. The van der Waals surface area contributed by atoms with Gasteiger partial charge in [0, 0.05) is 11.8 Å². The second kappa shape index (κ2) is 7.98. The molecule has 5 nitrogen and oxygen atoms in total. The number of furan rings is 1. The average Bonchev–Trinajstić information content (AvgIpc) is 2.97. The van der Waals surface area contributed by atoms with Crippen LogP contribution in [0.15, 0.2) is 46.9 Å². The average molecular weight is 313 g/mol. The fourth-order valence-electron chi connectivity index (χ4n) is 1.85. The zero-order chi connectivity index (χ0) is 16.7. The van der Waals surface area contributed by atoms with Crippen molar-refractivity contribution in [2.45, 2.75) is 20.3 Å². The Morgan fingerprint density at radius 3 is 2.52 bits per heavy atom. The minimum absolute atomic E-state index is 0.277. The van der Waals surface area contributed by atoms with E-state index >= 15 is 0 Å². The van der Waals surface area contributed by atoms with Gasteiger partial charge < -0.3 is 14.5 Å². The summed E-state index contributed by atoms with van der Waals surface area (Å²) in [6.07, 6.45) is 3.77. The van der Waals surface area contributed by atoms with E-state index in [0.717, 1.165) is 12.2 Å². The monoisotopic (exact) mass is 313 g/mol. The highest BCUT2D eigenvalue weighted by atomic mass is 16.5. The number of carbonyl (C=O) groups excluding carboxylic acids is 2. The maximum absolute atomic E-state index is 11.8. The molecule has 5 heteroatoms. The van der Waals surface area contributed by atoms with E-state index in [1.165, 1.54) is 6.08 Å². The number of rotatable bonds is 6. The largest absolute Gasteiger partial charge is 0.462 e. The lowest BCUT2D eigenvalue weighted by molar-refractivity contribution is -0.111. The van der Waals surface area contributed by atoms with Crippen LogP contribution in [-0.4, -0.2) is 18.5 Å². The summed E-state index contributed by atoms with van der Waals surface area (Å²) < 4.78 is 10.4. The van der Waals surface area contributed by atoms with E-state index in [4.69, 9.17) is 9.15 Å². The minimum Gasteiger partial charge on any atom is -0.462 e. The zero-order valence-corrected chi connectivity index (χ0v) is 13.2. The van der Waals surface area contributed by atoms with Crippen LogP contribution in [0.25, 0.3) is 6.08 Å². The summed E-state index contributed by atoms with van der Waals surface area (Å²) in [5.41, 5.74) is 1.06. The topological polar surface area (TPSA) is 68.5 Å². The summed E-state index contributed by atoms with van der Waals surface area (Å²) in [4.78, 5) is 23.5. The van der Waals surface area contributed by atoms with Crippen LogP contribution < -0.4 is 5.32 Å². The Morgan fingerprint density at radius 2 is 1.91 bits per heavy atom. The van der Waals surface area contributed by atoms with Gasteiger partial charge in [0.1, 0.15) is 11.5 Å². The van der Waals surface area contributed by atoms with Crippen LogP contribution in [0.4, 0.5) is 5.69 Å². The van der Waals surface area contributed by atoms with Crippen molar-refractivity contribution in [1.29, 1.82) is 0 Å². The fourth-order valence-corrected chi connectivity index (χ4v) is 1.85. The highest BCUT2D eigenvalue weighted by molar-refractivity contribution is 6.02. The van der Waals surface area contributed by atoms with Gasteiger partial charge in [0.15, 0.2) is 0 Å². The number of benzene rings is 1. The van der Waals surface area contributed by atoms with E-state index < -0.39 is 0 Å². The molecule has 1 aromatic carbocycles. The maximum atomic E-state index is 11.8. The second-order valence-corrected chi connectivity index (χ2v) is 4.98. The van der Waals surface area contributed by atoms with Crippen LogP contribution in [-0.2, 0) is 9.53 Å². The van der Waals surface area contributed by atoms with Crippen molar-refractivity contribution in [3.63, 3.8) is 0 Å². The highest BCUT2D eigenvalue weighted by Crippen LogP contribution is 2.12. The Bertz CT molecular complexity index is 698. The number of hydrogen-bond acceptors (Lipinski definition) is 4. The van der Waals surface area contributed by atoms with Crippen molar-refractivity contribution in [3.8, 4) is 0 Å². The summed E-state index contributed by atoms with van der Waals surface area (Å²) in [5.74, 6) is 0.764. The summed E-state index contributed by atoms with van der Waals surface area (Å²) in [6.45, 7) is 4.17. The lowest BCUT2D eigenvalue weighted by atomic mass is 10.2. The molecule has 2 rings (SSSR count). The van der Waals surface area contributed by atoms with Gasteiger partial charge in [-0.2, -0.15) is 0 Å². The molecule has 0 bridgehead atoms. The molecular formula is C18H19NO4. The van der Waals surface area contributed by atoms with Gasteiger partial charge >= 0.3 is 5.97 Å². The van der Waals surface area contributed by atoms with Crippen LogP contribution >= 0.6 is 0 Å². The van der Waals surface area contributed by atoms with Gasteiger partial charge in [-0.15, -0.1) is 0 Å². The van der Waals surface area contributed by atoms with E-state index in [-0.39, 0.29) is 11.9 Å². The first-order chi connectivity index (χ1) is 11.1. The molecule has 0 saturated heterocycles. The molecule has 23 heavy (non-hydrogen) atoms. The molecule has 1 heterocycles. The number of esters is 1. The molecule has 0 aliphatic heterocycles. The molecule has 0 atom stereocenters. The Labute approximate surface area is 134 Å². The zero-order valence-electron chi connectivity index (χ0n) is 13.2. The van der Waals surface area contributed by atoms with Crippen molar-refractivity contribution >= 4 is 23.6 Å². The van der Waals surface area contributed by atoms with Crippen LogP contribution in [0.3, 0.4) is 0 Å². The molecule has 0 spiro atoms.